The molecule has 0 radical (unpaired) electrons. The molecule has 0 bridgehead atoms. The fourth-order valence-corrected chi connectivity index (χ4v) is 3.13. The normalized spacial score (nSPS) is 10.8. The molecule has 7 heteroatoms. The van der Waals surface area contributed by atoms with Gasteiger partial charge in [0.25, 0.3) is 5.56 Å². The number of hydrogen-bond acceptors (Lipinski definition) is 3. The van der Waals surface area contributed by atoms with Gasteiger partial charge in [-0.15, -0.1) is 9.89 Å². The SMILES string of the molecule is O=C(Cc1cc(F)cc(F)c1)Nn1nc(-c2ccccc2)c2ccccc2c1=O. The molecule has 0 unspecified atom stereocenters. The van der Waals surface area contributed by atoms with Gasteiger partial charge in [-0.05, 0) is 23.8 Å². The molecule has 4 rings (SSSR count). The van der Waals surface area contributed by atoms with Crippen molar-refractivity contribution in [3.8, 4) is 11.3 Å². The third-order valence-electron chi connectivity index (χ3n) is 4.37. The number of hydrogen-bond donors (Lipinski definition) is 1. The molecule has 0 fully saturated rings. The molecule has 0 saturated heterocycles. The van der Waals surface area contributed by atoms with E-state index in [-0.39, 0.29) is 12.0 Å². The quantitative estimate of drug-likeness (QED) is 0.578. The summed E-state index contributed by atoms with van der Waals surface area (Å²) < 4.78 is 26.7. The minimum atomic E-state index is -0.778. The van der Waals surface area contributed by atoms with Crippen LogP contribution in [0.5, 0.6) is 0 Å². The van der Waals surface area contributed by atoms with Gasteiger partial charge < -0.3 is 0 Å². The molecular formula is C22H15F2N3O2. The van der Waals surface area contributed by atoms with Gasteiger partial charge in [-0.25, -0.2) is 14.2 Å². The number of fused-ring (bicyclic) bond motifs is 1. The molecule has 1 heterocycles. The van der Waals surface area contributed by atoms with Crippen LogP contribution in [0.1, 0.15) is 5.56 Å². The van der Waals surface area contributed by atoms with E-state index in [0.29, 0.717) is 16.5 Å². The first-order valence-corrected chi connectivity index (χ1v) is 8.83. The third-order valence-corrected chi connectivity index (χ3v) is 4.37. The average Bonchev–Trinajstić information content (AvgIpc) is 2.70. The Morgan fingerprint density at radius 2 is 1.52 bits per heavy atom. The third kappa shape index (κ3) is 3.89. The largest absolute Gasteiger partial charge is 0.294 e. The van der Waals surface area contributed by atoms with E-state index >= 15 is 0 Å². The molecule has 1 amide bonds. The summed E-state index contributed by atoms with van der Waals surface area (Å²) in [6.45, 7) is 0. The van der Waals surface area contributed by atoms with E-state index in [1.165, 1.54) is 0 Å². The lowest BCUT2D eigenvalue weighted by molar-refractivity contribution is -0.116. The van der Waals surface area contributed by atoms with E-state index in [0.717, 1.165) is 28.6 Å². The molecule has 5 nitrogen and oxygen atoms in total. The Morgan fingerprint density at radius 3 is 2.21 bits per heavy atom. The van der Waals surface area contributed by atoms with Crippen molar-refractivity contribution in [3.63, 3.8) is 0 Å². The van der Waals surface area contributed by atoms with E-state index in [4.69, 9.17) is 0 Å². The number of halogens is 2. The maximum absolute atomic E-state index is 13.3. The van der Waals surface area contributed by atoms with E-state index in [2.05, 4.69) is 10.5 Å². The molecule has 4 aromatic rings. The van der Waals surface area contributed by atoms with Crippen LogP contribution >= 0.6 is 0 Å². The van der Waals surface area contributed by atoms with Crippen molar-refractivity contribution in [1.82, 2.24) is 9.89 Å². The zero-order chi connectivity index (χ0) is 20.4. The highest BCUT2D eigenvalue weighted by molar-refractivity contribution is 5.94. The van der Waals surface area contributed by atoms with Crippen LogP contribution in [-0.4, -0.2) is 15.8 Å². The lowest BCUT2D eigenvalue weighted by Crippen LogP contribution is -2.36. The maximum atomic E-state index is 13.3. The molecule has 3 aromatic carbocycles. The minimum absolute atomic E-state index is 0.150. The van der Waals surface area contributed by atoms with E-state index < -0.39 is 23.1 Å². The van der Waals surface area contributed by atoms with Crippen LogP contribution in [0.3, 0.4) is 0 Å². The Bertz CT molecular complexity index is 1250. The van der Waals surface area contributed by atoms with E-state index in [1.807, 2.05) is 30.3 Å². The number of carbonyl (C=O) groups is 1. The zero-order valence-electron chi connectivity index (χ0n) is 15.1. The second-order valence-corrected chi connectivity index (χ2v) is 6.47. The molecule has 1 aromatic heterocycles. The molecule has 0 aliphatic rings. The second-order valence-electron chi connectivity index (χ2n) is 6.47. The molecule has 0 spiro atoms. The molecule has 1 N–H and O–H groups in total. The first kappa shape index (κ1) is 18.5. The van der Waals surface area contributed by atoms with E-state index in [9.17, 15) is 18.4 Å². The fraction of sp³-hybridized carbons (Fsp3) is 0.0455. The maximum Gasteiger partial charge on any atom is 0.294 e. The van der Waals surface area contributed by atoms with Crippen LogP contribution in [-0.2, 0) is 11.2 Å². The number of aromatic nitrogens is 2. The van der Waals surface area contributed by atoms with Gasteiger partial charge in [-0.3, -0.25) is 9.59 Å². The van der Waals surface area contributed by atoms with Gasteiger partial charge in [0.1, 0.15) is 17.3 Å². The first-order valence-electron chi connectivity index (χ1n) is 8.83. The van der Waals surface area contributed by atoms with Crippen LogP contribution in [0.2, 0.25) is 0 Å². The lowest BCUT2D eigenvalue weighted by atomic mass is 10.1. The van der Waals surface area contributed by atoms with Crippen molar-refractivity contribution < 1.29 is 13.6 Å². The zero-order valence-corrected chi connectivity index (χ0v) is 15.1. The average molecular weight is 391 g/mol. The van der Waals surface area contributed by atoms with Crippen LogP contribution in [0.15, 0.2) is 77.6 Å². The molecule has 0 atom stereocenters. The van der Waals surface area contributed by atoms with Gasteiger partial charge in [0, 0.05) is 17.0 Å². The van der Waals surface area contributed by atoms with Crippen molar-refractivity contribution in [2.45, 2.75) is 6.42 Å². The Labute approximate surface area is 164 Å². The number of nitrogens with zero attached hydrogens (tertiary/aromatic N) is 2. The number of nitrogens with one attached hydrogen (secondary N) is 1. The monoisotopic (exact) mass is 391 g/mol. The second kappa shape index (κ2) is 7.63. The summed E-state index contributed by atoms with van der Waals surface area (Å²) in [7, 11) is 0. The van der Waals surface area contributed by atoms with E-state index in [1.54, 1.807) is 24.3 Å². The van der Waals surface area contributed by atoms with Crippen molar-refractivity contribution in [2.24, 2.45) is 0 Å². The highest BCUT2D eigenvalue weighted by atomic mass is 19.1. The summed E-state index contributed by atoms with van der Waals surface area (Å²) in [4.78, 5) is 26.0. The summed E-state index contributed by atoms with van der Waals surface area (Å²) in [6.07, 6.45) is -0.309. The molecule has 29 heavy (non-hydrogen) atoms. The highest BCUT2D eigenvalue weighted by Crippen LogP contribution is 2.24. The van der Waals surface area contributed by atoms with Gasteiger partial charge in [0.15, 0.2) is 0 Å². The van der Waals surface area contributed by atoms with Gasteiger partial charge in [0.2, 0.25) is 5.91 Å². The summed E-state index contributed by atoms with van der Waals surface area (Å²) in [6, 6.07) is 19.1. The predicted molar refractivity (Wildman–Crippen MR) is 106 cm³/mol. The van der Waals surface area contributed by atoms with Crippen molar-refractivity contribution in [1.29, 1.82) is 0 Å². The number of amides is 1. The first-order chi connectivity index (χ1) is 14.0. The van der Waals surface area contributed by atoms with Crippen molar-refractivity contribution >= 4 is 16.7 Å². The number of carbonyl (C=O) groups excluding carboxylic acids is 1. The number of benzene rings is 3. The molecule has 144 valence electrons. The van der Waals surface area contributed by atoms with Crippen LogP contribution in [0, 0.1) is 11.6 Å². The number of rotatable bonds is 4. The van der Waals surface area contributed by atoms with Gasteiger partial charge in [-0.2, -0.15) is 0 Å². The van der Waals surface area contributed by atoms with Gasteiger partial charge >= 0.3 is 0 Å². The summed E-state index contributed by atoms with van der Waals surface area (Å²) >= 11 is 0. The van der Waals surface area contributed by atoms with Crippen LogP contribution in [0.4, 0.5) is 8.78 Å². The molecule has 0 aliphatic heterocycles. The topological polar surface area (TPSA) is 64.0 Å². The Kier molecular flexibility index (Phi) is 4.87. The Balaban J connectivity index is 1.73. The molecule has 0 saturated carbocycles. The summed E-state index contributed by atoms with van der Waals surface area (Å²) in [5.41, 5.74) is 3.36. The Hall–Kier alpha value is -3.87. The van der Waals surface area contributed by atoms with Crippen LogP contribution < -0.4 is 11.0 Å². The van der Waals surface area contributed by atoms with Crippen molar-refractivity contribution in [2.75, 3.05) is 5.43 Å². The molecule has 0 aliphatic carbocycles. The standard InChI is InChI=1S/C22H15F2N3O2/c23-16-10-14(11-17(24)13-16)12-20(28)25-27-22(29)19-9-5-4-8-18(19)21(26-27)15-6-2-1-3-7-15/h1-11,13H,12H2,(H,25,28). The van der Waals surface area contributed by atoms with Crippen LogP contribution in [0.25, 0.3) is 22.0 Å². The minimum Gasteiger partial charge on any atom is -0.273 e. The summed E-state index contributed by atoms with van der Waals surface area (Å²) in [5.74, 6) is -2.18. The lowest BCUT2D eigenvalue weighted by Gasteiger charge is -2.12. The summed E-state index contributed by atoms with van der Waals surface area (Å²) in [5, 5.41) is 5.35. The fourth-order valence-electron chi connectivity index (χ4n) is 3.13. The van der Waals surface area contributed by atoms with Gasteiger partial charge in [0.05, 0.1) is 11.8 Å². The Morgan fingerprint density at radius 1 is 0.897 bits per heavy atom. The predicted octanol–water partition coefficient (Wildman–Crippen LogP) is 3.65. The van der Waals surface area contributed by atoms with Crippen molar-refractivity contribution in [3.05, 3.63) is 100 Å². The molecular weight excluding hydrogens is 376 g/mol. The van der Waals surface area contributed by atoms with Gasteiger partial charge in [-0.1, -0.05) is 48.5 Å². The smallest absolute Gasteiger partial charge is 0.273 e. The highest BCUT2D eigenvalue weighted by Gasteiger charge is 2.14.